The van der Waals surface area contributed by atoms with Crippen molar-refractivity contribution >= 4 is 33.7 Å². The van der Waals surface area contributed by atoms with Gasteiger partial charge < -0.3 is 5.32 Å². The molecule has 1 aromatic rings. The summed E-state index contributed by atoms with van der Waals surface area (Å²) in [5.41, 5.74) is 0. The SMILES string of the molecule is O=[S@](Cc1cnc(Cl)s1)C[C@@H]1CCCNC1. The highest BCUT2D eigenvalue weighted by Gasteiger charge is 2.16. The molecule has 0 unspecified atom stereocenters. The minimum atomic E-state index is -0.783. The third kappa shape index (κ3) is 3.80. The summed E-state index contributed by atoms with van der Waals surface area (Å²) in [5, 5.41) is 3.34. The molecule has 0 aromatic carbocycles. The zero-order chi connectivity index (χ0) is 11.4. The van der Waals surface area contributed by atoms with Gasteiger partial charge in [-0.05, 0) is 31.8 Å². The summed E-state index contributed by atoms with van der Waals surface area (Å²) >= 11 is 7.16. The van der Waals surface area contributed by atoms with E-state index in [1.165, 1.54) is 24.2 Å². The first-order valence-corrected chi connectivity index (χ1v) is 8.08. The van der Waals surface area contributed by atoms with Gasteiger partial charge in [0, 0.05) is 27.6 Å². The number of thiazole rings is 1. The lowest BCUT2D eigenvalue weighted by Crippen LogP contribution is -2.32. The van der Waals surface area contributed by atoms with E-state index < -0.39 is 10.8 Å². The van der Waals surface area contributed by atoms with Crippen molar-refractivity contribution in [1.82, 2.24) is 10.3 Å². The van der Waals surface area contributed by atoms with Gasteiger partial charge in [0.05, 0.1) is 5.75 Å². The van der Waals surface area contributed by atoms with Gasteiger partial charge in [-0.15, -0.1) is 11.3 Å². The number of hydrogen-bond donors (Lipinski definition) is 1. The summed E-state index contributed by atoms with van der Waals surface area (Å²) in [5.74, 6) is 1.96. The molecule has 1 aromatic heterocycles. The van der Waals surface area contributed by atoms with E-state index in [1.54, 1.807) is 6.20 Å². The van der Waals surface area contributed by atoms with Crippen LogP contribution in [0.1, 0.15) is 17.7 Å². The van der Waals surface area contributed by atoms with Crippen LogP contribution in [0.5, 0.6) is 0 Å². The van der Waals surface area contributed by atoms with Crippen LogP contribution < -0.4 is 5.32 Å². The van der Waals surface area contributed by atoms with Crippen molar-refractivity contribution in [2.24, 2.45) is 5.92 Å². The second-order valence-electron chi connectivity index (χ2n) is 4.04. The number of nitrogens with one attached hydrogen (secondary N) is 1. The number of piperidine rings is 1. The fourth-order valence-electron chi connectivity index (χ4n) is 1.90. The van der Waals surface area contributed by atoms with Crippen LogP contribution in [0.4, 0.5) is 0 Å². The van der Waals surface area contributed by atoms with Gasteiger partial charge in [0.25, 0.3) is 0 Å². The number of halogens is 1. The van der Waals surface area contributed by atoms with Gasteiger partial charge in [0.2, 0.25) is 0 Å². The highest BCUT2D eigenvalue weighted by molar-refractivity contribution is 7.84. The van der Waals surface area contributed by atoms with Crippen molar-refractivity contribution in [2.45, 2.75) is 18.6 Å². The summed E-state index contributed by atoms with van der Waals surface area (Å²) in [4.78, 5) is 4.97. The Bertz CT molecular complexity index is 363. The van der Waals surface area contributed by atoms with E-state index in [2.05, 4.69) is 10.3 Å². The van der Waals surface area contributed by atoms with Crippen LogP contribution >= 0.6 is 22.9 Å². The Kier molecular flexibility index (Phi) is 4.76. The van der Waals surface area contributed by atoms with E-state index in [9.17, 15) is 4.21 Å². The normalized spacial score (nSPS) is 23.2. The first-order valence-electron chi connectivity index (χ1n) is 5.40. The molecule has 3 nitrogen and oxygen atoms in total. The molecule has 1 aliphatic heterocycles. The van der Waals surface area contributed by atoms with E-state index >= 15 is 0 Å². The summed E-state index contributed by atoms with van der Waals surface area (Å²) in [6.45, 7) is 2.11. The highest BCUT2D eigenvalue weighted by atomic mass is 35.5. The maximum absolute atomic E-state index is 11.9. The molecule has 1 saturated heterocycles. The van der Waals surface area contributed by atoms with E-state index in [0.29, 0.717) is 16.1 Å². The summed E-state index contributed by atoms with van der Waals surface area (Å²) in [6.07, 6.45) is 4.13. The van der Waals surface area contributed by atoms with E-state index in [0.717, 1.165) is 23.7 Å². The Morgan fingerprint density at radius 1 is 1.69 bits per heavy atom. The molecule has 1 aliphatic rings. The Balaban J connectivity index is 1.79. The van der Waals surface area contributed by atoms with Crippen LogP contribution in [-0.4, -0.2) is 28.0 Å². The summed E-state index contributed by atoms with van der Waals surface area (Å²) in [7, 11) is -0.783. The van der Waals surface area contributed by atoms with Gasteiger partial charge in [-0.25, -0.2) is 4.98 Å². The van der Waals surface area contributed by atoms with Crippen LogP contribution in [0.3, 0.4) is 0 Å². The maximum atomic E-state index is 11.9. The Morgan fingerprint density at radius 2 is 2.56 bits per heavy atom. The molecule has 1 fully saturated rings. The van der Waals surface area contributed by atoms with Crippen molar-refractivity contribution in [1.29, 1.82) is 0 Å². The number of aromatic nitrogens is 1. The van der Waals surface area contributed by atoms with E-state index in [4.69, 9.17) is 11.6 Å². The minimum absolute atomic E-state index is 0.534. The average Bonchev–Trinajstić information content (AvgIpc) is 2.65. The number of hydrogen-bond acceptors (Lipinski definition) is 4. The third-order valence-corrected chi connectivity index (χ3v) is 5.42. The zero-order valence-electron chi connectivity index (χ0n) is 8.95. The van der Waals surface area contributed by atoms with E-state index in [1.807, 2.05) is 0 Å². The monoisotopic (exact) mass is 278 g/mol. The largest absolute Gasteiger partial charge is 0.316 e. The maximum Gasteiger partial charge on any atom is 0.183 e. The van der Waals surface area contributed by atoms with Crippen LogP contribution in [0, 0.1) is 5.92 Å². The van der Waals surface area contributed by atoms with Gasteiger partial charge in [-0.3, -0.25) is 4.21 Å². The Hall–Kier alpha value is 0.0300. The minimum Gasteiger partial charge on any atom is -0.316 e. The predicted octanol–water partition coefficient (Wildman–Crippen LogP) is 2.04. The van der Waals surface area contributed by atoms with Gasteiger partial charge in [0.15, 0.2) is 4.47 Å². The van der Waals surface area contributed by atoms with Crippen LogP contribution in [0.2, 0.25) is 4.47 Å². The molecule has 0 bridgehead atoms. The van der Waals surface area contributed by atoms with Crippen LogP contribution in [0.25, 0.3) is 0 Å². The molecular weight excluding hydrogens is 264 g/mol. The molecule has 16 heavy (non-hydrogen) atoms. The molecule has 6 heteroatoms. The average molecular weight is 279 g/mol. The van der Waals surface area contributed by atoms with Crippen LogP contribution in [-0.2, 0) is 16.6 Å². The lowest BCUT2D eigenvalue weighted by Gasteiger charge is -2.21. The number of nitrogens with zero attached hydrogens (tertiary/aromatic N) is 1. The summed E-state index contributed by atoms with van der Waals surface area (Å²) in [6, 6.07) is 0. The fraction of sp³-hybridized carbons (Fsp3) is 0.700. The third-order valence-electron chi connectivity index (χ3n) is 2.65. The standard InChI is InChI=1S/C10H15ClN2OS2/c11-10-13-5-9(15-10)7-16(14)6-8-2-1-3-12-4-8/h5,8,12H,1-4,6-7H2/t8-,16+/m1/s1. The van der Waals surface area contributed by atoms with Gasteiger partial charge in [-0.1, -0.05) is 11.6 Å². The van der Waals surface area contributed by atoms with Crippen molar-refractivity contribution in [3.63, 3.8) is 0 Å². The smallest absolute Gasteiger partial charge is 0.183 e. The van der Waals surface area contributed by atoms with Gasteiger partial charge in [-0.2, -0.15) is 0 Å². The fourth-order valence-corrected chi connectivity index (χ4v) is 4.62. The molecule has 90 valence electrons. The Morgan fingerprint density at radius 3 is 3.19 bits per heavy atom. The molecule has 2 rings (SSSR count). The zero-order valence-corrected chi connectivity index (χ0v) is 11.3. The highest BCUT2D eigenvalue weighted by Crippen LogP contribution is 2.20. The van der Waals surface area contributed by atoms with Crippen molar-refractivity contribution in [3.05, 3.63) is 15.5 Å². The molecule has 0 amide bonds. The molecule has 0 aliphatic carbocycles. The lowest BCUT2D eigenvalue weighted by atomic mass is 10.0. The molecule has 0 radical (unpaired) electrons. The lowest BCUT2D eigenvalue weighted by molar-refractivity contribution is 0.408. The topological polar surface area (TPSA) is 42.0 Å². The van der Waals surface area contributed by atoms with E-state index in [-0.39, 0.29) is 0 Å². The van der Waals surface area contributed by atoms with Gasteiger partial charge in [0.1, 0.15) is 0 Å². The first-order chi connectivity index (χ1) is 7.74. The van der Waals surface area contributed by atoms with Crippen LogP contribution in [0.15, 0.2) is 6.20 Å². The van der Waals surface area contributed by atoms with Crippen molar-refractivity contribution in [2.75, 3.05) is 18.8 Å². The molecule has 1 N–H and O–H groups in total. The van der Waals surface area contributed by atoms with Crippen molar-refractivity contribution in [3.8, 4) is 0 Å². The number of rotatable bonds is 4. The first kappa shape index (κ1) is 12.5. The van der Waals surface area contributed by atoms with Crippen molar-refractivity contribution < 1.29 is 4.21 Å². The van der Waals surface area contributed by atoms with Gasteiger partial charge >= 0.3 is 0 Å². The second kappa shape index (κ2) is 6.10. The molecule has 0 saturated carbocycles. The summed E-state index contributed by atoms with van der Waals surface area (Å²) < 4.78 is 12.4. The molecule has 0 spiro atoms. The molecule has 2 heterocycles. The Labute approximate surface area is 107 Å². The predicted molar refractivity (Wildman–Crippen MR) is 69.4 cm³/mol. The molecule has 2 atom stereocenters. The second-order valence-corrected chi connectivity index (χ2v) is 7.24. The molecular formula is C10H15ClN2OS2. The quantitative estimate of drug-likeness (QED) is 0.917.